The topological polar surface area (TPSA) is 70.5 Å². The highest BCUT2D eigenvalue weighted by molar-refractivity contribution is 5.42. The van der Waals surface area contributed by atoms with E-state index in [0.29, 0.717) is 11.4 Å². The van der Waals surface area contributed by atoms with E-state index in [1.807, 2.05) is 48.5 Å². The van der Waals surface area contributed by atoms with Crippen LogP contribution in [0.4, 0.5) is 11.4 Å². The predicted octanol–water partition coefficient (Wildman–Crippen LogP) is 3.83. The third kappa shape index (κ3) is 4.91. The number of anilines is 2. The van der Waals surface area contributed by atoms with E-state index in [1.54, 1.807) is 0 Å². The molecule has 0 aliphatic carbocycles. The van der Waals surface area contributed by atoms with Gasteiger partial charge in [0.05, 0.1) is 0 Å². The Morgan fingerprint density at radius 3 is 1.62 bits per heavy atom. The van der Waals surface area contributed by atoms with Crippen molar-refractivity contribution in [3.05, 3.63) is 48.5 Å². The van der Waals surface area contributed by atoms with Gasteiger partial charge < -0.3 is 20.9 Å². The standard InChI is InChI=1S/C17H22N2O2/c1-2-3-4-17(20-15-9-5-13(18)6-10-15)21-16-11-7-14(19)8-12-16/h5-12,17H,2-4,18-19H2,1H3. The van der Waals surface area contributed by atoms with Gasteiger partial charge in [0.25, 0.3) is 0 Å². The van der Waals surface area contributed by atoms with Crippen LogP contribution in [-0.4, -0.2) is 6.29 Å². The van der Waals surface area contributed by atoms with E-state index in [1.165, 1.54) is 0 Å². The van der Waals surface area contributed by atoms with E-state index in [4.69, 9.17) is 20.9 Å². The molecule has 0 aliphatic heterocycles. The Morgan fingerprint density at radius 2 is 1.24 bits per heavy atom. The summed E-state index contributed by atoms with van der Waals surface area (Å²) in [5.74, 6) is 1.50. The molecule has 0 amide bonds. The van der Waals surface area contributed by atoms with Crippen molar-refractivity contribution in [2.45, 2.75) is 32.5 Å². The van der Waals surface area contributed by atoms with Crippen LogP contribution in [0.2, 0.25) is 0 Å². The second-order valence-electron chi connectivity index (χ2n) is 4.95. The zero-order valence-corrected chi connectivity index (χ0v) is 12.3. The normalized spacial score (nSPS) is 10.6. The van der Waals surface area contributed by atoms with Crippen LogP contribution in [0.5, 0.6) is 11.5 Å². The van der Waals surface area contributed by atoms with Crippen LogP contribution in [0, 0.1) is 0 Å². The smallest absolute Gasteiger partial charge is 0.241 e. The summed E-state index contributed by atoms with van der Waals surface area (Å²) in [6.07, 6.45) is 2.63. The monoisotopic (exact) mass is 286 g/mol. The number of unbranched alkanes of at least 4 members (excludes halogenated alkanes) is 1. The first-order chi connectivity index (χ1) is 10.2. The Bertz CT molecular complexity index is 490. The van der Waals surface area contributed by atoms with Gasteiger partial charge in [0.15, 0.2) is 0 Å². The van der Waals surface area contributed by atoms with Crippen molar-refractivity contribution in [2.75, 3.05) is 11.5 Å². The fraction of sp³-hybridized carbons (Fsp3) is 0.294. The third-order valence-electron chi connectivity index (χ3n) is 3.09. The number of nitrogens with two attached hydrogens (primary N) is 2. The van der Waals surface area contributed by atoms with Gasteiger partial charge in [-0.1, -0.05) is 13.3 Å². The second kappa shape index (κ2) is 7.43. The highest BCUT2D eigenvalue weighted by Crippen LogP contribution is 2.21. The summed E-state index contributed by atoms with van der Waals surface area (Å²) < 4.78 is 11.8. The van der Waals surface area contributed by atoms with E-state index in [9.17, 15) is 0 Å². The number of hydrogen-bond acceptors (Lipinski definition) is 4. The Morgan fingerprint density at radius 1 is 0.810 bits per heavy atom. The molecule has 2 aromatic rings. The lowest BCUT2D eigenvalue weighted by atomic mass is 10.2. The second-order valence-corrected chi connectivity index (χ2v) is 4.95. The van der Waals surface area contributed by atoms with Crippen molar-refractivity contribution in [1.82, 2.24) is 0 Å². The Balaban J connectivity index is 2.02. The molecule has 2 aromatic carbocycles. The summed E-state index contributed by atoms with van der Waals surface area (Å²) >= 11 is 0. The molecule has 4 nitrogen and oxygen atoms in total. The Hall–Kier alpha value is -2.36. The maximum absolute atomic E-state index is 5.90. The van der Waals surface area contributed by atoms with Gasteiger partial charge in [-0.3, -0.25) is 0 Å². The van der Waals surface area contributed by atoms with Crippen molar-refractivity contribution in [2.24, 2.45) is 0 Å². The number of ether oxygens (including phenoxy) is 2. The van der Waals surface area contributed by atoms with Crippen LogP contribution < -0.4 is 20.9 Å². The van der Waals surface area contributed by atoms with E-state index < -0.39 is 0 Å². The number of hydrogen-bond donors (Lipinski definition) is 2. The highest BCUT2D eigenvalue weighted by atomic mass is 16.7. The molecule has 0 heterocycles. The molecule has 2 rings (SSSR count). The molecule has 21 heavy (non-hydrogen) atoms. The molecule has 0 aliphatic rings. The van der Waals surface area contributed by atoms with E-state index in [2.05, 4.69) is 6.92 Å². The Kier molecular flexibility index (Phi) is 5.32. The summed E-state index contributed by atoms with van der Waals surface area (Å²) in [6.45, 7) is 2.14. The van der Waals surface area contributed by atoms with Crippen LogP contribution in [-0.2, 0) is 0 Å². The van der Waals surface area contributed by atoms with Gasteiger partial charge in [-0.25, -0.2) is 0 Å². The molecule has 0 saturated carbocycles. The van der Waals surface area contributed by atoms with Crippen molar-refractivity contribution in [3.63, 3.8) is 0 Å². The number of benzene rings is 2. The molecular formula is C17H22N2O2. The lowest BCUT2D eigenvalue weighted by Crippen LogP contribution is -2.23. The average molecular weight is 286 g/mol. The minimum Gasteiger partial charge on any atom is -0.455 e. The highest BCUT2D eigenvalue weighted by Gasteiger charge is 2.12. The number of rotatable bonds is 7. The lowest BCUT2D eigenvalue weighted by molar-refractivity contribution is -0.00209. The first-order valence-corrected chi connectivity index (χ1v) is 7.22. The molecule has 0 fully saturated rings. The van der Waals surface area contributed by atoms with Gasteiger partial charge in [0.2, 0.25) is 6.29 Å². The van der Waals surface area contributed by atoms with E-state index >= 15 is 0 Å². The van der Waals surface area contributed by atoms with Gasteiger partial charge in [0.1, 0.15) is 11.5 Å². The van der Waals surface area contributed by atoms with Crippen molar-refractivity contribution >= 4 is 11.4 Å². The summed E-state index contributed by atoms with van der Waals surface area (Å²) in [4.78, 5) is 0. The fourth-order valence-electron chi connectivity index (χ4n) is 1.91. The Labute approximate surface area is 125 Å². The zero-order chi connectivity index (χ0) is 15.1. The van der Waals surface area contributed by atoms with Crippen molar-refractivity contribution in [3.8, 4) is 11.5 Å². The van der Waals surface area contributed by atoms with Gasteiger partial charge in [-0.15, -0.1) is 0 Å². The van der Waals surface area contributed by atoms with E-state index in [0.717, 1.165) is 30.8 Å². The molecule has 0 aromatic heterocycles. The van der Waals surface area contributed by atoms with Gasteiger partial charge in [-0.05, 0) is 55.0 Å². The fourth-order valence-corrected chi connectivity index (χ4v) is 1.91. The quantitative estimate of drug-likeness (QED) is 0.599. The van der Waals surface area contributed by atoms with Gasteiger partial charge >= 0.3 is 0 Å². The lowest BCUT2D eigenvalue weighted by Gasteiger charge is -2.20. The van der Waals surface area contributed by atoms with Crippen LogP contribution in [0.1, 0.15) is 26.2 Å². The van der Waals surface area contributed by atoms with Crippen molar-refractivity contribution < 1.29 is 9.47 Å². The molecular weight excluding hydrogens is 264 g/mol. The minimum absolute atomic E-state index is 0.322. The molecule has 0 spiro atoms. The molecule has 0 unspecified atom stereocenters. The zero-order valence-electron chi connectivity index (χ0n) is 12.3. The van der Waals surface area contributed by atoms with Gasteiger partial charge in [-0.2, -0.15) is 0 Å². The molecule has 0 bridgehead atoms. The maximum atomic E-state index is 5.90. The van der Waals surface area contributed by atoms with Crippen LogP contribution >= 0.6 is 0 Å². The third-order valence-corrected chi connectivity index (χ3v) is 3.09. The minimum atomic E-state index is -0.322. The first-order valence-electron chi connectivity index (χ1n) is 7.22. The van der Waals surface area contributed by atoms with Crippen LogP contribution in [0.25, 0.3) is 0 Å². The molecule has 4 heteroatoms. The largest absolute Gasteiger partial charge is 0.455 e. The first kappa shape index (κ1) is 15.0. The predicted molar refractivity (Wildman–Crippen MR) is 86.3 cm³/mol. The summed E-state index contributed by atoms with van der Waals surface area (Å²) in [6, 6.07) is 14.7. The molecule has 0 saturated heterocycles. The molecule has 0 radical (unpaired) electrons. The van der Waals surface area contributed by atoms with Crippen molar-refractivity contribution in [1.29, 1.82) is 0 Å². The van der Waals surface area contributed by atoms with Crippen LogP contribution in [0.15, 0.2) is 48.5 Å². The van der Waals surface area contributed by atoms with Crippen LogP contribution in [0.3, 0.4) is 0 Å². The SMILES string of the molecule is CCCCC(Oc1ccc(N)cc1)Oc1ccc(N)cc1. The summed E-state index contributed by atoms with van der Waals surface area (Å²) in [5.41, 5.74) is 12.8. The maximum Gasteiger partial charge on any atom is 0.241 e. The summed E-state index contributed by atoms with van der Waals surface area (Å²) in [7, 11) is 0. The number of nitrogen functional groups attached to an aromatic ring is 2. The molecule has 4 N–H and O–H groups in total. The van der Waals surface area contributed by atoms with E-state index in [-0.39, 0.29) is 6.29 Å². The molecule has 112 valence electrons. The average Bonchev–Trinajstić information content (AvgIpc) is 2.49. The summed E-state index contributed by atoms with van der Waals surface area (Å²) in [5, 5.41) is 0. The van der Waals surface area contributed by atoms with Gasteiger partial charge in [0, 0.05) is 17.8 Å². The molecule has 0 atom stereocenters.